The highest BCUT2D eigenvalue weighted by Gasteiger charge is 2.08. The second-order valence-corrected chi connectivity index (χ2v) is 3.93. The first kappa shape index (κ1) is 13.2. The molecule has 4 nitrogen and oxygen atoms in total. The van der Waals surface area contributed by atoms with E-state index in [0.29, 0.717) is 13.0 Å². The van der Waals surface area contributed by atoms with Gasteiger partial charge in [0.15, 0.2) is 0 Å². The molecule has 4 heteroatoms. The molecule has 1 aromatic rings. The van der Waals surface area contributed by atoms with Crippen molar-refractivity contribution in [2.24, 2.45) is 0 Å². The molecule has 1 rings (SSSR count). The van der Waals surface area contributed by atoms with Crippen LogP contribution >= 0.6 is 0 Å². The van der Waals surface area contributed by atoms with Gasteiger partial charge in [0.1, 0.15) is 0 Å². The average Bonchev–Trinajstić information content (AvgIpc) is 2.29. The van der Waals surface area contributed by atoms with Crippen molar-refractivity contribution in [1.29, 1.82) is 0 Å². The highest BCUT2D eigenvalue weighted by Crippen LogP contribution is 2.10. The van der Waals surface area contributed by atoms with Crippen LogP contribution in [-0.2, 0) is 9.59 Å². The van der Waals surface area contributed by atoms with Gasteiger partial charge in [0, 0.05) is 19.9 Å². The van der Waals surface area contributed by atoms with E-state index < -0.39 is 0 Å². The number of benzene rings is 1. The van der Waals surface area contributed by atoms with E-state index in [2.05, 4.69) is 10.6 Å². The van der Waals surface area contributed by atoms with Gasteiger partial charge in [-0.3, -0.25) is 9.59 Å². The van der Waals surface area contributed by atoms with Crippen LogP contribution in [0.5, 0.6) is 0 Å². The lowest BCUT2D eigenvalue weighted by Gasteiger charge is -2.14. The molecule has 0 saturated heterocycles. The molecule has 0 bridgehead atoms. The number of hydrogen-bond donors (Lipinski definition) is 2. The second kappa shape index (κ2) is 6.68. The largest absolute Gasteiger partial charge is 0.356 e. The third-order valence-electron chi connectivity index (χ3n) is 2.40. The molecule has 0 heterocycles. The van der Waals surface area contributed by atoms with Crippen molar-refractivity contribution in [3.63, 3.8) is 0 Å². The maximum absolute atomic E-state index is 11.5. The van der Waals surface area contributed by atoms with E-state index in [1.165, 1.54) is 6.92 Å². The molecule has 0 saturated carbocycles. The van der Waals surface area contributed by atoms with E-state index in [1.54, 1.807) is 0 Å². The van der Waals surface area contributed by atoms with Crippen LogP contribution in [-0.4, -0.2) is 18.4 Å². The Bertz CT molecular complexity index is 376. The van der Waals surface area contributed by atoms with Crippen LogP contribution < -0.4 is 10.6 Å². The van der Waals surface area contributed by atoms with Crippen LogP contribution in [0, 0.1) is 0 Å². The number of hydrogen-bond acceptors (Lipinski definition) is 2. The fourth-order valence-electron chi connectivity index (χ4n) is 1.49. The van der Waals surface area contributed by atoms with E-state index in [-0.39, 0.29) is 17.9 Å². The van der Waals surface area contributed by atoms with Crippen LogP contribution in [0.3, 0.4) is 0 Å². The Labute approximate surface area is 101 Å². The molecule has 92 valence electrons. The van der Waals surface area contributed by atoms with Crippen molar-refractivity contribution in [3.8, 4) is 0 Å². The molecule has 0 aromatic heterocycles. The Hall–Kier alpha value is -1.84. The van der Waals surface area contributed by atoms with Gasteiger partial charge in [-0.15, -0.1) is 0 Å². The summed E-state index contributed by atoms with van der Waals surface area (Å²) < 4.78 is 0. The summed E-state index contributed by atoms with van der Waals surface area (Å²) in [7, 11) is 0. The Morgan fingerprint density at radius 3 is 2.47 bits per heavy atom. The number of nitrogens with one attached hydrogen (secondary N) is 2. The van der Waals surface area contributed by atoms with Gasteiger partial charge >= 0.3 is 0 Å². The van der Waals surface area contributed by atoms with E-state index >= 15 is 0 Å². The molecule has 0 fully saturated rings. The Kier molecular flexibility index (Phi) is 5.20. The molecular formula is C13H18N2O2. The fraction of sp³-hybridized carbons (Fsp3) is 0.385. The highest BCUT2D eigenvalue weighted by atomic mass is 16.2. The number of carbonyl (C=O) groups is 2. The van der Waals surface area contributed by atoms with E-state index in [4.69, 9.17) is 0 Å². The maximum atomic E-state index is 11.5. The molecule has 1 aromatic carbocycles. The first-order chi connectivity index (χ1) is 8.09. The predicted octanol–water partition coefficient (Wildman–Crippen LogP) is 1.39. The summed E-state index contributed by atoms with van der Waals surface area (Å²) in [5.41, 5.74) is 1.07. The number of rotatable bonds is 5. The second-order valence-electron chi connectivity index (χ2n) is 3.93. The summed E-state index contributed by atoms with van der Waals surface area (Å²) in [6.45, 7) is 3.75. The zero-order valence-corrected chi connectivity index (χ0v) is 10.2. The van der Waals surface area contributed by atoms with Gasteiger partial charge in [-0.05, 0) is 12.5 Å². The minimum Gasteiger partial charge on any atom is -0.356 e. The zero-order valence-electron chi connectivity index (χ0n) is 10.2. The van der Waals surface area contributed by atoms with Crippen molar-refractivity contribution < 1.29 is 9.59 Å². The molecular weight excluding hydrogens is 216 g/mol. The summed E-state index contributed by atoms with van der Waals surface area (Å²) >= 11 is 0. The van der Waals surface area contributed by atoms with Gasteiger partial charge in [-0.25, -0.2) is 0 Å². The lowest BCUT2D eigenvalue weighted by Crippen LogP contribution is -2.31. The minimum atomic E-state index is -0.117. The molecule has 0 aliphatic carbocycles. The molecule has 2 N–H and O–H groups in total. The maximum Gasteiger partial charge on any atom is 0.222 e. The van der Waals surface area contributed by atoms with E-state index in [1.807, 2.05) is 37.3 Å². The molecule has 0 spiro atoms. The van der Waals surface area contributed by atoms with Crippen molar-refractivity contribution in [3.05, 3.63) is 35.9 Å². The van der Waals surface area contributed by atoms with Crippen LogP contribution in [0.15, 0.2) is 30.3 Å². The van der Waals surface area contributed by atoms with E-state index in [9.17, 15) is 9.59 Å². The molecule has 0 aliphatic rings. The van der Waals surface area contributed by atoms with Crippen LogP contribution in [0.4, 0.5) is 0 Å². The summed E-state index contributed by atoms with van der Waals surface area (Å²) in [5, 5.41) is 5.47. The van der Waals surface area contributed by atoms with Gasteiger partial charge in [0.2, 0.25) is 11.8 Å². The minimum absolute atomic E-state index is 0.0129. The summed E-state index contributed by atoms with van der Waals surface area (Å²) in [4.78, 5) is 22.2. The highest BCUT2D eigenvalue weighted by molar-refractivity contribution is 5.78. The average molecular weight is 234 g/mol. The summed E-state index contributed by atoms with van der Waals surface area (Å²) in [5.74, 6) is -0.177. The molecule has 17 heavy (non-hydrogen) atoms. The molecule has 0 aliphatic heterocycles. The van der Waals surface area contributed by atoms with Crippen LogP contribution in [0.1, 0.15) is 31.9 Å². The third-order valence-corrected chi connectivity index (χ3v) is 2.40. The molecule has 2 amide bonds. The quantitative estimate of drug-likeness (QED) is 0.809. The number of amides is 2. The SMILES string of the molecule is CC(=O)NCCC(=O)NC(C)c1ccccc1. The van der Waals surface area contributed by atoms with Gasteiger partial charge < -0.3 is 10.6 Å². The van der Waals surface area contributed by atoms with Gasteiger partial charge in [-0.2, -0.15) is 0 Å². The Balaban J connectivity index is 2.34. The predicted molar refractivity (Wildman–Crippen MR) is 66.3 cm³/mol. The van der Waals surface area contributed by atoms with Crippen molar-refractivity contribution in [2.45, 2.75) is 26.3 Å². The van der Waals surface area contributed by atoms with Crippen molar-refractivity contribution in [2.75, 3.05) is 6.54 Å². The molecule has 1 atom stereocenters. The lowest BCUT2D eigenvalue weighted by atomic mass is 10.1. The fourth-order valence-corrected chi connectivity index (χ4v) is 1.49. The zero-order chi connectivity index (χ0) is 12.7. The topological polar surface area (TPSA) is 58.2 Å². The summed E-state index contributed by atoms with van der Waals surface area (Å²) in [6, 6.07) is 9.75. The van der Waals surface area contributed by atoms with Crippen molar-refractivity contribution >= 4 is 11.8 Å². The van der Waals surface area contributed by atoms with Gasteiger partial charge in [-0.1, -0.05) is 30.3 Å². The van der Waals surface area contributed by atoms with Gasteiger partial charge in [0.05, 0.1) is 6.04 Å². The van der Waals surface area contributed by atoms with Crippen LogP contribution in [0.2, 0.25) is 0 Å². The first-order valence-electron chi connectivity index (χ1n) is 5.68. The van der Waals surface area contributed by atoms with Crippen LogP contribution in [0.25, 0.3) is 0 Å². The standard InChI is InChI=1S/C13H18N2O2/c1-10(12-6-4-3-5-7-12)15-13(17)8-9-14-11(2)16/h3-7,10H,8-9H2,1-2H3,(H,14,16)(H,15,17). The molecule has 0 radical (unpaired) electrons. The monoisotopic (exact) mass is 234 g/mol. The first-order valence-corrected chi connectivity index (χ1v) is 5.68. The normalized spacial score (nSPS) is 11.6. The smallest absolute Gasteiger partial charge is 0.222 e. The Morgan fingerprint density at radius 1 is 1.24 bits per heavy atom. The summed E-state index contributed by atoms with van der Waals surface area (Å²) in [6.07, 6.45) is 0.302. The lowest BCUT2D eigenvalue weighted by molar-refractivity contribution is -0.122. The van der Waals surface area contributed by atoms with E-state index in [0.717, 1.165) is 5.56 Å². The third kappa shape index (κ3) is 5.15. The molecule has 1 unspecified atom stereocenters. The number of carbonyl (C=O) groups excluding carboxylic acids is 2. The van der Waals surface area contributed by atoms with Crippen molar-refractivity contribution in [1.82, 2.24) is 10.6 Å². The van der Waals surface area contributed by atoms with Gasteiger partial charge in [0.25, 0.3) is 0 Å². The Morgan fingerprint density at radius 2 is 1.88 bits per heavy atom.